The third kappa shape index (κ3) is 1.95. The lowest BCUT2D eigenvalue weighted by Gasteiger charge is -2.16. The summed E-state index contributed by atoms with van der Waals surface area (Å²) in [4.78, 5) is 9.98. The molecule has 0 N–H and O–H groups in total. The van der Waals surface area contributed by atoms with Gasteiger partial charge in [0.2, 0.25) is 0 Å². The monoisotopic (exact) mass is 192 g/mol. The standard InChI is InChI=1S/C11H12O3/c1-12-10-6-4-9(5-7-10)11-3-2-8-13-14-11/h2-7,11H,8H2,1H3. The minimum Gasteiger partial charge on any atom is -0.497 e. The number of methoxy groups -OCH3 is 1. The molecule has 3 heteroatoms. The fourth-order valence-electron chi connectivity index (χ4n) is 1.32. The molecule has 1 heterocycles. The number of hydrogen-bond acceptors (Lipinski definition) is 3. The molecular formula is C11H12O3. The molecule has 1 aromatic rings. The Morgan fingerprint density at radius 1 is 1.29 bits per heavy atom. The van der Waals surface area contributed by atoms with Crippen LogP contribution in [0.4, 0.5) is 0 Å². The van der Waals surface area contributed by atoms with Crippen LogP contribution in [0.15, 0.2) is 36.4 Å². The molecule has 74 valence electrons. The average Bonchev–Trinajstić information content (AvgIpc) is 2.30. The molecule has 0 spiro atoms. The molecule has 1 aliphatic rings. The van der Waals surface area contributed by atoms with Crippen molar-refractivity contribution in [1.82, 2.24) is 0 Å². The molecule has 0 aromatic heterocycles. The first kappa shape index (κ1) is 9.24. The van der Waals surface area contributed by atoms with Gasteiger partial charge in [-0.3, -0.25) is 0 Å². The zero-order valence-electron chi connectivity index (χ0n) is 7.97. The van der Waals surface area contributed by atoms with E-state index in [0.717, 1.165) is 11.3 Å². The van der Waals surface area contributed by atoms with Crippen molar-refractivity contribution in [3.63, 3.8) is 0 Å². The van der Waals surface area contributed by atoms with E-state index in [1.54, 1.807) is 7.11 Å². The quantitative estimate of drug-likeness (QED) is 0.531. The number of hydrogen-bond donors (Lipinski definition) is 0. The second kappa shape index (κ2) is 4.26. The van der Waals surface area contributed by atoms with Gasteiger partial charge in [0.25, 0.3) is 0 Å². The molecule has 1 atom stereocenters. The van der Waals surface area contributed by atoms with Gasteiger partial charge in [-0.2, -0.15) is 0 Å². The summed E-state index contributed by atoms with van der Waals surface area (Å²) in [5, 5.41) is 0. The molecule has 2 rings (SSSR count). The van der Waals surface area contributed by atoms with Crippen molar-refractivity contribution in [2.45, 2.75) is 6.10 Å². The molecule has 1 aromatic carbocycles. The van der Waals surface area contributed by atoms with Crippen LogP contribution in [0.5, 0.6) is 5.75 Å². The van der Waals surface area contributed by atoms with E-state index < -0.39 is 0 Å². The zero-order chi connectivity index (χ0) is 9.80. The third-order valence-electron chi connectivity index (χ3n) is 2.09. The summed E-state index contributed by atoms with van der Waals surface area (Å²) < 4.78 is 5.07. The van der Waals surface area contributed by atoms with Crippen LogP contribution in [-0.4, -0.2) is 13.7 Å². The average molecular weight is 192 g/mol. The molecule has 0 bridgehead atoms. The highest BCUT2D eigenvalue weighted by Crippen LogP contribution is 2.23. The Balaban J connectivity index is 2.15. The summed E-state index contributed by atoms with van der Waals surface area (Å²) in [5.74, 6) is 0.842. The van der Waals surface area contributed by atoms with Gasteiger partial charge >= 0.3 is 0 Å². The Labute approximate surface area is 82.8 Å². The van der Waals surface area contributed by atoms with Gasteiger partial charge < -0.3 is 4.74 Å². The van der Waals surface area contributed by atoms with Crippen molar-refractivity contribution in [2.75, 3.05) is 13.7 Å². The van der Waals surface area contributed by atoms with E-state index in [1.807, 2.05) is 36.4 Å². The summed E-state index contributed by atoms with van der Waals surface area (Å²) in [5.41, 5.74) is 1.06. The van der Waals surface area contributed by atoms with E-state index in [1.165, 1.54) is 0 Å². The third-order valence-corrected chi connectivity index (χ3v) is 2.09. The van der Waals surface area contributed by atoms with E-state index in [-0.39, 0.29) is 6.10 Å². The van der Waals surface area contributed by atoms with Gasteiger partial charge in [-0.05, 0) is 23.8 Å². The van der Waals surface area contributed by atoms with Crippen LogP contribution in [0, 0.1) is 0 Å². The SMILES string of the molecule is COc1ccc(C2C=CCOO2)cc1. The molecule has 0 amide bonds. The maximum absolute atomic E-state index is 5.11. The van der Waals surface area contributed by atoms with Gasteiger partial charge in [0.15, 0.2) is 0 Å². The smallest absolute Gasteiger partial charge is 0.136 e. The molecule has 0 aliphatic carbocycles. The second-order valence-electron chi connectivity index (χ2n) is 3.00. The van der Waals surface area contributed by atoms with Crippen LogP contribution in [0.1, 0.15) is 11.7 Å². The van der Waals surface area contributed by atoms with Gasteiger partial charge in [-0.1, -0.05) is 18.2 Å². The van der Waals surface area contributed by atoms with Crippen LogP contribution in [0.25, 0.3) is 0 Å². The minimum absolute atomic E-state index is 0.102. The Kier molecular flexibility index (Phi) is 2.81. The van der Waals surface area contributed by atoms with Crippen molar-refractivity contribution >= 4 is 0 Å². The minimum atomic E-state index is -0.102. The first-order valence-electron chi connectivity index (χ1n) is 4.49. The highest BCUT2D eigenvalue weighted by atomic mass is 17.2. The molecular weight excluding hydrogens is 180 g/mol. The molecule has 3 nitrogen and oxygen atoms in total. The Hall–Kier alpha value is -1.32. The summed E-state index contributed by atoms with van der Waals surface area (Å²) in [6.07, 6.45) is 3.82. The largest absolute Gasteiger partial charge is 0.497 e. The second-order valence-corrected chi connectivity index (χ2v) is 3.00. The summed E-state index contributed by atoms with van der Waals surface area (Å²) >= 11 is 0. The van der Waals surface area contributed by atoms with Crippen LogP contribution in [0.3, 0.4) is 0 Å². The summed E-state index contributed by atoms with van der Waals surface area (Å²) in [6.45, 7) is 0.520. The van der Waals surface area contributed by atoms with Gasteiger partial charge in [0, 0.05) is 0 Å². The van der Waals surface area contributed by atoms with Crippen molar-refractivity contribution < 1.29 is 14.5 Å². The maximum Gasteiger partial charge on any atom is 0.136 e. The lowest BCUT2D eigenvalue weighted by Crippen LogP contribution is -2.07. The first-order chi connectivity index (χ1) is 6.90. The van der Waals surface area contributed by atoms with E-state index in [4.69, 9.17) is 14.5 Å². The predicted molar refractivity (Wildman–Crippen MR) is 51.9 cm³/mol. The van der Waals surface area contributed by atoms with Crippen molar-refractivity contribution in [3.8, 4) is 5.75 Å². The summed E-state index contributed by atoms with van der Waals surface area (Å²) in [7, 11) is 1.65. The highest BCUT2D eigenvalue weighted by molar-refractivity contribution is 5.30. The molecule has 1 aliphatic heterocycles. The van der Waals surface area contributed by atoms with Gasteiger partial charge in [0.05, 0.1) is 7.11 Å². The lowest BCUT2D eigenvalue weighted by molar-refractivity contribution is -0.315. The van der Waals surface area contributed by atoms with Crippen LogP contribution < -0.4 is 4.74 Å². The number of benzene rings is 1. The van der Waals surface area contributed by atoms with Crippen molar-refractivity contribution in [1.29, 1.82) is 0 Å². The number of ether oxygens (including phenoxy) is 1. The molecule has 14 heavy (non-hydrogen) atoms. The van der Waals surface area contributed by atoms with Gasteiger partial charge in [0.1, 0.15) is 18.5 Å². The Bertz CT molecular complexity index is 316. The van der Waals surface area contributed by atoms with Gasteiger partial charge in [-0.15, -0.1) is 0 Å². The van der Waals surface area contributed by atoms with Crippen LogP contribution in [0.2, 0.25) is 0 Å². The summed E-state index contributed by atoms with van der Waals surface area (Å²) in [6, 6.07) is 7.73. The first-order valence-corrected chi connectivity index (χ1v) is 4.49. The van der Waals surface area contributed by atoms with E-state index >= 15 is 0 Å². The molecule has 0 saturated heterocycles. The molecule has 0 fully saturated rings. The molecule has 0 radical (unpaired) electrons. The number of rotatable bonds is 2. The lowest BCUT2D eigenvalue weighted by atomic mass is 10.1. The van der Waals surface area contributed by atoms with Crippen molar-refractivity contribution in [2.24, 2.45) is 0 Å². The Morgan fingerprint density at radius 3 is 2.64 bits per heavy atom. The van der Waals surface area contributed by atoms with E-state index in [9.17, 15) is 0 Å². The maximum atomic E-state index is 5.11. The van der Waals surface area contributed by atoms with E-state index in [0.29, 0.717) is 6.61 Å². The zero-order valence-corrected chi connectivity index (χ0v) is 7.97. The fourth-order valence-corrected chi connectivity index (χ4v) is 1.32. The van der Waals surface area contributed by atoms with Crippen molar-refractivity contribution in [3.05, 3.63) is 42.0 Å². The highest BCUT2D eigenvalue weighted by Gasteiger charge is 2.12. The predicted octanol–water partition coefficient (Wildman–Crippen LogP) is 2.25. The fraction of sp³-hybridized carbons (Fsp3) is 0.273. The van der Waals surface area contributed by atoms with Crippen LogP contribution >= 0.6 is 0 Å². The normalized spacial score (nSPS) is 20.8. The molecule has 1 unspecified atom stereocenters. The molecule has 0 saturated carbocycles. The van der Waals surface area contributed by atoms with Crippen LogP contribution in [-0.2, 0) is 9.78 Å². The Morgan fingerprint density at radius 2 is 2.07 bits per heavy atom. The van der Waals surface area contributed by atoms with E-state index in [2.05, 4.69) is 0 Å². The van der Waals surface area contributed by atoms with Gasteiger partial charge in [-0.25, -0.2) is 9.78 Å². The topological polar surface area (TPSA) is 27.7 Å².